The number of hydrogen-bond acceptors (Lipinski definition) is 4. The molecule has 1 aliphatic rings. The highest BCUT2D eigenvalue weighted by Crippen LogP contribution is 2.44. The molecule has 25 heavy (non-hydrogen) atoms. The predicted molar refractivity (Wildman–Crippen MR) is 107 cm³/mol. The zero-order valence-electron chi connectivity index (χ0n) is 16.5. The summed E-state index contributed by atoms with van der Waals surface area (Å²) in [4.78, 5) is 13.9. The number of aromatic nitrogens is 2. The summed E-state index contributed by atoms with van der Waals surface area (Å²) >= 11 is 0. The van der Waals surface area contributed by atoms with Crippen molar-refractivity contribution in [1.29, 1.82) is 0 Å². The lowest BCUT2D eigenvalue weighted by Crippen LogP contribution is -2.46. The molecule has 0 bridgehead atoms. The first-order chi connectivity index (χ1) is 12.2. The van der Waals surface area contributed by atoms with E-state index in [4.69, 9.17) is 0 Å². The molecular formula is C21H32N4. The van der Waals surface area contributed by atoms with Gasteiger partial charge in [0.05, 0.1) is 0 Å². The molecule has 0 fully saturated rings. The summed E-state index contributed by atoms with van der Waals surface area (Å²) in [5.41, 5.74) is 1.19. The van der Waals surface area contributed by atoms with Gasteiger partial charge < -0.3 is 9.80 Å². The normalized spacial score (nSPS) is 18.2. The molecule has 0 N–H and O–H groups in total. The summed E-state index contributed by atoms with van der Waals surface area (Å²) in [6.45, 7) is 10.9. The van der Waals surface area contributed by atoms with E-state index in [-0.39, 0.29) is 6.17 Å². The summed E-state index contributed by atoms with van der Waals surface area (Å²) in [6.07, 6.45) is 6.15. The Kier molecular flexibility index (Phi) is 6.80. The highest BCUT2D eigenvalue weighted by atomic mass is 15.5. The van der Waals surface area contributed by atoms with Crippen LogP contribution in [0, 0.1) is 11.8 Å². The van der Waals surface area contributed by atoms with Crippen molar-refractivity contribution in [3.63, 3.8) is 0 Å². The maximum atomic E-state index is 4.64. The Hall–Kier alpha value is -2.10. The quantitative estimate of drug-likeness (QED) is 0.720. The molecule has 2 aromatic rings. The molecule has 3 rings (SSSR count). The van der Waals surface area contributed by atoms with E-state index in [1.165, 1.54) is 12.1 Å². The van der Waals surface area contributed by atoms with Gasteiger partial charge in [-0.15, -0.1) is 0 Å². The third-order valence-corrected chi connectivity index (χ3v) is 5.15. The highest BCUT2D eigenvalue weighted by molar-refractivity contribution is 5.77. The molecule has 0 spiro atoms. The van der Waals surface area contributed by atoms with Crippen molar-refractivity contribution >= 4 is 17.3 Å². The Balaban J connectivity index is 0.00000109. The monoisotopic (exact) mass is 340 g/mol. The van der Waals surface area contributed by atoms with Gasteiger partial charge in [-0.2, -0.15) is 0 Å². The van der Waals surface area contributed by atoms with Crippen molar-refractivity contribution in [2.75, 3.05) is 16.8 Å². The fourth-order valence-corrected chi connectivity index (χ4v) is 3.72. The largest absolute Gasteiger partial charge is 0.335 e. The predicted octanol–water partition coefficient (Wildman–Crippen LogP) is 5.49. The first-order valence-electron chi connectivity index (χ1n) is 9.57. The second kappa shape index (κ2) is 8.84. The van der Waals surface area contributed by atoms with Gasteiger partial charge in [-0.25, -0.2) is 9.97 Å². The molecule has 3 unspecified atom stereocenters. The van der Waals surface area contributed by atoms with Gasteiger partial charge in [-0.1, -0.05) is 59.2 Å². The van der Waals surface area contributed by atoms with Gasteiger partial charge >= 0.3 is 0 Å². The van der Waals surface area contributed by atoms with Gasteiger partial charge in [0, 0.05) is 31.0 Å². The Morgan fingerprint density at radius 3 is 2.12 bits per heavy atom. The number of nitrogens with zero attached hydrogens (tertiary/aromatic N) is 4. The Labute approximate surface area is 152 Å². The molecule has 4 nitrogen and oxygen atoms in total. The van der Waals surface area contributed by atoms with Crippen molar-refractivity contribution < 1.29 is 0 Å². The van der Waals surface area contributed by atoms with Crippen LogP contribution in [0.2, 0.25) is 0 Å². The van der Waals surface area contributed by atoms with Crippen molar-refractivity contribution in [2.24, 2.45) is 11.8 Å². The molecule has 4 heteroatoms. The third kappa shape index (κ3) is 3.63. The number of hydrogen-bond donors (Lipinski definition) is 0. The molecule has 1 aromatic heterocycles. The van der Waals surface area contributed by atoms with Crippen LogP contribution in [0.3, 0.4) is 0 Å². The van der Waals surface area contributed by atoms with Crippen LogP contribution in [-0.2, 0) is 0 Å². The minimum atomic E-state index is 0.259. The lowest BCUT2D eigenvalue weighted by atomic mass is 9.86. The zero-order valence-corrected chi connectivity index (χ0v) is 16.5. The van der Waals surface area contributed by atoms with Crippen LogP contribution < -0.4 is 9.80 Å². The van der Waals surface area contributed by atoms with Gasteiger partial charge in [0.1, 0.15) is 6.17 Å². The SMILES string of the molecule is CC.CCC(C)C(CC)C1N(C)c2nccnc2N1c1ccccc1. The first kappa shape index (κ1) is 19.2. The number of fused-ring (bicyclic) bond motifs is 1. The van der Waals surface area contributed by atoms with Crippen molar-refractivity contribution in [3.8, 4) is 0 Å². The molecule has 0 saturated heterocycles. The van der Waals surface area contributed by atoms with E-state index in [1.807, 2.05) is 13.8 Å². The third-order valence-electron chi connectivity index (χ3n) is 5.15. The van der Waals surface area contributed by atoms with Crippen LogP contribution >= 0.6 is 0 Å². The smallest absolute Gasteiger partial charge is 0.178 e. The van der Waals surface area contributed by atoms with Gasteiger partial charge in [0.15, 0.2) is 11.6 Å². The summed E-state index contributed by atoms with van der Waals surface area (Å²) < 4.78 is 0. The molecule has 1 aliphatic heterocycles. The minimum absolute atomic E-state index is 0.259. The summed E-state index contributed by atoms with van der Waals surface area (Å²) in [6, 6.07) is 10.6. The second-order valence-corrected chi connectivity index (χ2v) is 6.39. The first-order valence-corrected chi connectivity index (χ1v) is 9.57. The molecule has 2 heterocycles. The summed E-state index contributed by atoms with van der Waals surface area (Å²) in [5.74, 6) is 3.14. The Morgan fingerprint density at radius 2 is 1.56 bits per heavy atom. The van der Waals surface area contributed by atoms with Gasteiger partial charge in [-0.05, 0) is 24.5 Å². The van der Waals surface area contributed by atoms with Crippen LogP contribution in [0.25, 0.3) is 0 Å². The van der Waals surface area contributed by atoms with Gasteiger partial charge in [-0.3, -0.25) is 0 Å². The number of rotatable bonds is 5. The van der Waals surface area contributed by atoms with Crippen LogP contribution in [0.15, 0.2) is 42.7 Å². The zero-order chi connectivity index (χ0) is 18.4. The lowest BCUT2D eigenvalue weighted by molar-refractivity contribution is 0.284. The summed E-state index contributed by atoms with van der Waals surface area (Å²) in [5, 5.41) is 0. The molecule has 0 amide bonds. The molecule has 1 aromatic carbocycles. The Morgan fingerprint density at radius 1 is 0.960 bits per heavy atom. The fraction of sp³-hybridized carbons (Fsp3) is 0.524. The molecule has 0 aliphatic carbocycles. The van der Waals surface area contributed by atoms with Crippen molar-refractivity contribution in [2.45, 2.75) is 53.6 Å². The Bertz CT molecular complexity index is 643. The average molecular weight is 341 g/mol. The van der Waals surface area contributed by atoms with E-state index < -0.39 is 0 Å². The molecule has 0 radical (unpaired) electrons. The van der Waals surface area contributed by atoms with Crippen molar-refractivity contribution in [1.82, 2.24) is 9.97 Å². The molecular weight excluding hydrogens is 308 g/mol. The van der Waals surface area contributed by atoms with Crippen LogP contribution in [0.4, 0.5) is 17.3 Å². The summed E-state index contributed by atoms with van der Waals surface area (Å²) in [7, 11) is 2.14. The maximum absolute atomic E-state index is 4.64. The number of benzene rings is 1. The van der Waals surface area contributed by atoms with Gasteiger partial charge in [0.25, 0.3) is 0 Å². The van der Waals surface area contributed by atoms with Gasteiger partial charge in [0.2, 0.25) is 0 Å². The van der Waals surface area contributed by atoms with Crippen molar-refractivity contribution in [3.05, 3.63) is 42.7 Å². The second-order valence-electron chi connectivity index (χ2n) is 6.39. The molecule has 136 valence electrons. The molecule has 3 atom stereocenters. The molecule has 0 saturated carbocycles. The van der Waals surface area contributed by atoms with E-state index in [0.717, 1.165) is 18.1 Å². The van der Waals surface area contributed by atoms with E-state index in [1.54, 1.807) is 12.4 Å². The average Bonchev–Trinajstić information content (AvgIpc) is 2.97. The minimum Gasteiger partial charge on any atom is -0.335 e. The highest BCUT2D eigenvalue weighted by Gasteiger charge is 2.42. The van der Waals surface area contributed by atoms with E-state index in [9.17, 15) is 0 Å². The van der Waals surface area contributed by atoms with E-state index in [0.29, 0.717) is 11.8 Å². The maximum Gasteiger partial charge on any atom is 0.178 e. The van der Waals surface area contributed by atoms with Crippen LogP contribution in [-0.4, -0.2) is 23.2 Å². The topological polar surface area (TPSA) is 32.3 Å². The van der Waals surface area contributed by atoms with E-state index in [2.05, 4.69) is 77.9 Å². The lowest BCUT2D eigenvalue weighted by Gasteiger charge is -2.38. The van der Waals surface area contributed by atoms with Crippen LogP contribution in [0.5, 0.6) is 0 Å². The van der Waals surface area contributed by atoms with E-state index >= 15 is 0 Å². The fourth-order valence-electron chi connectivity index (χ4n) is 3.72. The standard InChI is InChI=1S/C19H26N4.C2H6/c1-5-14(3)16(6-2)19-22(4)17-18(21-13-12-20-17)23(19)15-10-8-7-9-11-15;1-2/h7-14,16,19H,5-6H2,1-4H3;1-2H3. The number of para-hydroxylation sites is 1. The number of anilines is 3. The van der Waals surface area contributed by atoms with Crippen LogP contribution in [0.1, 0.15) is 47.5 Å².